The molecular weight excluding hydrogens is 356 g/mol. The Morgan fingerprint density at radius 2 is 1.96 bits per heavy atom. The normalized spacial score (nSPS) is 23.4. The van der Waals surface area contributed by atoms with Crippen LogP contribution in [0, 0.1) is 5.92 Å². The van der Waals surface area contributed by atoms with Gasteiger partial charge in [0.1, 0.15) is 0 Å². The molecule has 1 saturated carbocycles. The zero-order valence-corrected chi connectivity index (χ0v) is 15.8. The van der Waals surface area contributed by atoms with Crippen LogP contribution in [0.2, 0.25) is 0 Å². The van der Waals surface area contributed by atoms with Crippen LogP contribution in [-0.2, 0) is 19.5 Å². The summed E-state index contributed by atoms with van der Waals surface area (Å²) in [5.74, 6) is 0.457. The van der Waals surface area contributed by atoms with Gasteiger partial charge in [-0.25, -0.2) is 8.42 Å². The molecule has 1 aliphatic heterocycles. The first-order chi connectivity index (χ1) is 12.5. The van der Waals surface area contributed by atoms with Crippen LogP contribution in [0.3, 0.4) is 0 Å². The number of hydrogen-bond donors (Lipinski definition) is 2. The van der Waals surface area contributed by atoms with Crippen LogP contribution in [0.1, 0.15) is 36.5 Å². The Hall–Kier alpha value is -1.64. The second-order valence-corrected chi connectivity index (χ2v) is 8.85. The van der Waals surface area contributed by atoms with Crippen molar-refractivity contribution in [3.05, 3.63) is 29.8 Å². The van der Waals surface area contributed by atoms with E-state index in [1.54, 1.807) is 31.2 Å². The topological polar surface area (TPSA) is 93.7 Å². The molecule has 0 aromatic heterocycles. The Morgan fingerprint density at radius 3 is 2.62 bits per heavy atom. The molecule has 1 heterocycles. The molecule has 1 saturated heterocycles. The number of benzene rings is 1. The monoisotopic (exact) mass is 382 g/mol. The van der Waals surface area contributed by atoms with Crippen LogP contribution in [0.5, 0.6) is 0 Å². The van der Waals surface area contributed by atoms with E-state index in [0.29, 0.717) is 30.4 Å². The summed E-state index contributed by atoms with van der Waals surface area (Å²) >= 11 is 0. The molecule has 1 aliphatic carbocycles. The summed E-state index contributed by atoms with van der Waals surface area (Å²) in [5, 5.41) is 2.98. The number of carbonyl (C=O) groups is 1. The lowest BCUT2D eigenvalue weighted by Crippen LogP contribution is -2.50. The molecular formula is C18H26N2O5S. The van der Waals surface area contributed by atoms with Gasteiger partial charge in [0.05, 0.1) is 24.5 Å². The van der Waals surface area contributed by atoms with Crippen molar-refractivity contribution in [2.75, 3.05) is 30.3 Å². The number of ether oxygens (including phenoxy) is 2. The maximum Gasteiger partial charge on any atom is 0.251 e. The van der Waals surface area contributed by atoms with Crippen LogP contribution in [0.4, 0.5) is 5.69 Å². The van der Waals surface area contributed by atoms with Gasteiger partial charge in [-0.15, -0.1) is 0 Å². The number of carbonyl (C=O) groups excluding carboxylic acids is 1. The van der Waals surface area contributed by atoms with Crippen LogP contribution in [0.15, 0.2) is 24.3 Å². The molecule has 144 valence electrons. The molecule has 2 N–H and O–H groups in total. The Morgan fingerprint density at radius 1 is 1.23 bits per heavy atom. The number of hydrogen-bond acceptors (Lipinski definition) is 5. The lowest BCUT2D eigenvalue weighted by Gasteiger charge is -2.32. The van der Waals surface area contributed by atoms with E-state index in [1.807, 2.05) is 0 Å². The molecule has 2 unspecified atom stereocenters. The summed E-state index contributed by atoms with van der Waals surface area (Å²) in [5.41, 5.74) is 0.908. The van der Waals surface area contributed by atoms with Crippen molar-refractivity contribution in [2.45, 2.75) is 38.3 Å². The standard InChI is InChI=1S/C18H26N2O5S/c1-2-26(22,23)20-15-7-5-14(6-8-15)18(21)19-16-12-24-10-9-17(16)25-11-13-3-4-13/h5-8,13,16-17,20H,2-4,9-12H2,1H3,(H,19,21). The summed E-state index contributed by atoms with van der Waals surface area (Å²) in [4.78, 5) is 12.5. The first-order valence-electron chi connectivity index (χ1n) is 9.07. The summed E-state index contributed by atoms with van der Waals surface area (Å²) in [7, 11) is -3.33. The van der Waals surface area contributed by atoms with Gasteiger partial charge in [0.25, 0.3) is 5.91 Å². The molecule has 1 amide bonds. The Balaban J connectivity index is 1.57. The fourth-order valence-corrected chi connectivity index (χ4v) is 3.43. The van der Waals surface area contributed by atoms with Gasteiger partial charge in [0.15, 0.2) is 0 Å². The molecule has 2 fully saturated rings. The van der Waals surface area contributed by atoms with Gasteiger partial charge < -0.3 is 14.8 Å². The molecule has 0 bridgehead atoms. The van der Waals surface area contributed by atoms with E-state index >= 15 is 0 Å². The third-order valence-corrected chi connectivity index (χ3v) is 5.96. The van der Waals surface area contributed by atoms with Gasteiger partial charge in [-0.3, -0.25) is 9.52 Å². The van der Waals surface area contributed by atoms with Crippen molar-refractivity contribution < 1.29 is 22.7 Å². The predicted molar refractivity (Wildman–Crippen MR) is 98.7 cm³/mol. The smallest absolute Gasteiger partial charge is 0.251 e. The van der Waals surface area contributed by atoms with Gasteiger partial charge in [0.2, 0.25) is 10.0 Å². The maximum absolute atomic E-state index is 12.5. The van der Waals surface area contributed by atoms with Crippen molar-refractivity contribution in [1.29, 1.82) is 0 Å². The molecule has 2 atom stereocenters. The van der Waals surface area contributed by atoms with Crippen LogP contribution in [-0.4, -0.2) is 52.0 Å². The van der Waals surface area contributed by atoms with E-state index in [2.05, 4.69) is 10.0 Å². The Kier molecular flexibility index (Phi) is 6.16. The highest BCUT2D eigenvalue weighted by molar-refractivity contribution is 7.92. The number of sulfonamides is 1. The average Bonchev–Trinajstić information content (AvgIpc) is 3.46. The molecule has 2 aliphatic rings. The van der Waals surface area contributed by atoms with E-state index in [1.165, 1.54) is 12.8 Å². The van der Waals surface area contributed by atoms with Crippen LogP contribution >= 0.6 is 0 Å². The minimum absolute atomic E-state index is 0.000830. The molecule has 0 radical (unpaired) electrons. The van der Waals surface area contributed by atoms with Crippen molar-refractivity contribution >= 4 is 21.6 Å². The highest BCUT2D eigenvalue weighted by Crippen LogP contribution is 2.30. The number of nitrogens with one attached hydrogen (secondary N) is 2. The van der Waals surface area contributed by atoms with Gasteiger partial charge in [-0.1, -0.05) is 0 Å². The largest absolute Gasteiger partial charge is 0.379 e. The van der Waals surface area contributed by atoms with E-state index in [-0.39, 0.29) is 23.8 Å². The minimum atomic E-state index is -3.33. The molecule has 8 heteroatoms. The maximum atomic E-state index is 12.5. The fourth-order valence-electron chi connectivity index (χ4n) is 2.79. The fraction of sp³-hybridized carbons (Fsp3) is 0.611. The van der Waals surface area contributed by atoms with Gasteiger partial charge in [-0.05, 0) is 56.4 Å². The van der Waals surface area contributed by atoms with E-state index < -0.39 is 10.0 Å². The second-order valence-electron chi connectivity index (χ2n) is 6.84. The quantitative estimate of drug-likeness (QED) is 0.715. The van der Waals surface area contributed by atoms with Crippen LogP contribution in [0.25, 0.3) is 0 Å². The molecule has 1 aromatic rings. The third-order valence-electron chi connectivity index (χ3n) is 4.65. The minimum Gasteiger partial charge on any atom is -0.379 e. The van der Waals surface area contributed by atoms with Crippen molar-refractivity contribution in [3.8, 4) is 0 Å². The summed E-state index contributed by atoms with van der Waals surface area (Å²) in [6.07, 6.45) is 3.21. The number of rotatable bonds is 8. The summed E-state index contributed by atoms with van der Waals surface area (Å²) in [6.45, 7) is 3.41. The van der Waals surface area contributed by atoms with Gasteiger partial charge >= 0.3 is 0 Å². The molecule has 26 heavy (non-hydrogen) atoms. The van der Waals surface area contributed by atoms with Gasteiger partial charge in [0, 0.05) is 24.5 Å². The van der Waals surface area contributed by atoms with Gasteiger partial charge in [-0.2, -0.15) is 0 Å². The third kappa shape index (κ3) is 5.43. The summed E-state index contributed by atoms with van der Waals surface area (Å²) < 4.78 is 37.1. The van der Waals surface area contributed by atoms with E-state index in [0.717, 1.165) is 13.0 Å². The molecule has 7 nitrogen and oxygen atoms in total. The lowest BCUT2D eigenvalue weighted by atomic mass is 10.1. The average molecular weight is 382 g/mol. The second kappa shape index (κ2) is 8.37. The number of amides is 1. The molecule has 3 rings (SSSR count). The lowest BCUT2D eigenvalue weighted by molar-refractivity contribution is -0.0567. The Labute approximate surface area is 154 Å². The predicted octanol–water partition coefficient (Wildman–Crippen LogP) is 1.76. The highest BCUT2D eigenvalue weighted by Gasteiger charge is 2.30. The first kappa shape index (κ1) is 19.1. The van der Waals surface area contributed by atoms with Crippen molar-refractivity contribution in [2.24, 2.45) is 5.92 Å². The molecule has 1 aromatic carbocycles. The van der Waals surface area contributed by atoms with E-state index in [4.69, 9.17) is 9.47 Å². The van der Waals surface area contributed by atoms with Crippen molar-refractivity contribution in [1.82, 2.24) is 5.32 Å². The first-order valence-corrected chi connectivity index (χ1v) is 10.7. The van der Waals surface area contributed by atoms with E-state index in [9.17, 15) is 13.2 Å². The summed E-state index contributed by atoms with van der Waals surface area (Å²) in [6, 6.07) is 6.20. The number of anilines is 1. The van der Waals surface area contributed by atoms with Crippen molar-refractivity contribution in [3.63, 3.8) is 0 Å². The SMILES string of the molecule is CCS(=O)(=O)Nc1ccc(C(=O)NC2COCCC2OCC2CC2)cc1. The molecule has 0 spiro atoms. The highest BCUT2D eigenvalue weighted by atomic mass is 32.2. The zero-order chi connectivity index (χ0) is 18.6. The zero-order valence-electron chi connectivity index (χ0n) is 14.9. The Bertz CT molecular complexity index is 716. The van der Waals surface area contributed by atoms with Crippen LogP contribution < -0.4 is 10.0 Å².